The predicted molar refractivity (Wildman–Crippen MR) is 67.6 cm³/mol. The van der Waals surface area contributed by atoms with Crippen LogP contribution in [0.5, 0.6) is 0 Å². The lowest BCUT2D eigenvalue weighted by molar-refractivity contribution is 0.0949. The molecule has 1 rings (SSSR count). The largest absolute Gasteiger partial charge is 0.350 e. The van der Waals surface area contributed by atoms with Gasteiger partial charge in [-0.25, -0.2) is 21.6 Å². The molecule has 1 aromatic rings. The Kier molecular flexibility index (Phi) is 4.48. The first-order valence-corrected chi connectivity index (χ1v) is 7.47. The zero-order chi connectivity index (χ0) is 15.7. The molecule has 0 aliphatic carbocycles. The number of nitrogens with one attached hydrogen (secondary N) is 1. The summed E-state index contributed by atoms with van der Waals surface area (Å²) in [5.41, 5.74) is -0.425. The number of hydrogen-bond donors (Lipinski definition) is 1. The van der Waals surface area contributed by atoms with Crippen LogP contribution in [-0.2, 0) is 9.84 Å². The summed E-state index contributed by atoms with van der Waals surface area (Å²) in [6.45, 7) is 2.55. The molecule has 0 aromatic heterocycles. The number of benzene rings is 1. The smallest absolute Gasteiger partial charge is 0.251 e. The Balaban J connectivity index is 2.89. The van der Waals surface area contributed by atoms with Gasteiger partial charge in [-0.15, -0.1) is 0 Å². The highest BCUT2D eigenvalue weighted by molar-refractivity contribution is 7.92. The molecular formula is C12H14F3NO3S. The van der Waals surface area contributed by atoms with Crippen LogP contribution < -0.4 is 5.32 Å². The van der Waals surface area contributed by atoms with E-state index in [0.717, 1.165) is 6.26 Å². The highest BCUT2D eigenvalue weighted by atomic mass is 32.2. The third-order valence-electron chi connectivity index (χ3n) is 2.92. The van der Waals surface area contributed by atoms with E-state index >= 15 is 0 Å². The number of rotatable bonds is 4. The van der Waals surface area contributed by atoms with Crippen LogP contribution in [0.25, 0.3) is 0 Å². The molecule has 0 radical (unpaired) electrons. The van der Waals surface area contributed by atoms with E-state index in [4.69, 9.17) is 0 Å². The van der Waals surface area contributed by atoms with Crippen LogP contribution in [0.4, 0.5) is 13.2 Å². The Hall–Kier alpha value is -1.57. The summed E-state index contributed by atoms with van der Waals surface area (Å²) in [7, 11) is -3.43. The second-order valence-electron chi connectivity index (χ2n) is 4.97. The van der Waals surface area contributed by atoms with E-state index in [1.54, 1.807) is 0 Å². The zero-order valence-electron chi connectivity index (χ0n) is 11.1. The quantitative estimate of drug-likeness (QED) is 0.860. The van der Waals surface area contributed by atoms with Gasteiger partial charge < -0.3 is 5.32 Å². The van der Waals surface area contributed by atoms with Gasteiger partial charge in [-0.05, 0) is 26.0 Å². The van der Waals surface area contributed by atoms with E-state index in [0.29, 0.717) is 12.1 Å². The van der Waals surface area contributed by atoms with Gasteiger partial charge in [0.15, 0.2) is 27.3 Å². The van der Waals surface area contributed by atoms with E-state index in [1.165, 1.54) is 13.8 Å². The lowest BCUT2D eigenvalue weighted by atomic mass is 10.1. The van der Waals surface area contributed by atoms with E-state index in [9.17, 15) is 26.4 Å². The normalized spacial score (nSPS) is 12.3. The molecule has 0 atom stereocenters. The lowest BCUT2D eigenvalue weighted by Gasteiger charge is -2.22. The van der Waals surface area contributed by atoms with E-state index < -0.39 is 43.5 Å². The number of sulfone groups is 1. The lowest BCUT2D eigenvalue weighted by Crippen LogP contribution is -2.43. The third kappa shape index (κ3) is 3.50. The molecule has 1 N–H and O–H groups in total. The summed E-state index contributed by atoms with van der Waals surface area (Å²) in [6, 6.07) is 1.09. The van der Waals surface area contributed by atoms with Crippen molar-refractivity contribution >= 4 is 15.7 Å². The van der Waals surface area contributed by atoms with Crippen molar-refractivity contribution in [1.82, 2.24) is 5.32 Å². The van der Waals surface area contributed by atoms with Gasteiger partial charge in [-0.1, -0.05) is 0 Å². The first kappa shape index (κ1) is 16.5. The minimum Gasteiger partial charge on any atom is -0.350 e. The molecule has 0 spiro atoms. The van der Waals surface area contributed by atoms with Gasteiger partial charge in [0.2, 0.25) is 0 Å². The van der Waals surface area contributed by atoms with Crippen LogP contribution in [0.1, 0.15) is 24.2 Å². The van der Waals surface area contributed by atoms with E-state index in [1.807, 2.05) is 0 Å². The van der Waals surface area contributed by atoms with Crippen molar-refractivity contribution in [2.24, 2.45) is 0 Å². The maximum Gasteiger partial charge on any atom is 0.251 e. The second kappa shape index (κ2) is 5.43. The van der Waals surface area contributed by atoms with Crippen molar-refractivity contribution in [2.45, 2.75) is 18.6 Å². The van der Waals surface area contributed by atoms with E-state index in [-0.39, 0.29) is 6.54 Å². The molecule has 1 aromatic carbocycles. The molecule has 4 nitrogen and oxygen atoms in total. The molecular weight excluding hydrogens is 295 g/mol. The van der Waals surface area contributed by atoms with Gasteiger partial charge in [0.1, 0.15) is 0 Å². The van der Waals surface area contributed by atoms with Gasteiger partial charge in [-0.3, -0.25) is 4.79 Å². The fourth-order valence-corrected chi connectivity index (χ4v) is 1.55. The fraction of sp³-hybridized carbons (Fsp3) is 0.417. The Bertz CT molecular complexity index is 618. The number of amides is 1. The van der Waals surface area contributed by atoms with Gasteiger partial charge in [0.25, 0.3) is 5.91 Å². The minimum atomic E-state index is -3.43. The van der Waals surface area contributed by atoms with Crippen LogP contribution in [0.15, 0.2) is 12.1 Å². The molecule has 0 fully saturated rings. The highest BCUT2D eigenvalue weighted by Gasteiger charge is 2.30. The van der Waals surface area contributed by atoms with Gasteiger partial charge in [-0.2, -0.15) is 0 Å². The van der Waals surface area contributed by atoms with Crippen LogP contribution in [0.3, 0.4) is 0 Å². The summed E-state index contributed by atoms with van der Waals surface area (Å²) in [5, 5.41) is 2.25. The van der Waals surface area contributed by atoms with Crippen molar-refractivity contribution in [1.29, 1.82) is 0 Å². The number of halogens is 3. The highest BCUT2D eigenvalue weighted by Crippen LogP contribution is 2.16. The third-order valence-corrected chi connectivity index (χ3v) is 5.08. The fourth-order valence-electron chi connectivity index (χ4n) is 1.21. The van der Waals surface area contributed by atoms with Crippen molar-refractivity contribution in [2.75, 3.05) is 12.8 Å². The second-order valence-corrected chi connectivity index (χ2v) is 7.62. The van der Waals surface area contributed by atoms with Gasteiger partial charge in [0.05, 0.1) is 4.75 Å². The van der Waals surface area contributed by atoms with Gasteiger partial charge >= 0.3 is 0 Å². The maximum atomic E-state index is 13.0. The Labute approximate surface area is 114 Å². The topological polar surface area (TPSA) is 63.2 Å². The maximum absolute atomic E-state index is 13.0. The SMILES string of the molecule is CC(C)(CNC(=O)c1cc(F)c(F)c(F)c1)S(C)(=O)=O. The molecule has 1 amide bonds. The monoisotopic (exact) mass is 309 g/mol. The molecule has 20 heavy (non-hydrogen) atoms. The average Bonchev–Trinajstić information content (AvgIpc) is 2.31. The standard InChI is InChI=1S/C12H14F3NO3S/c1-12(2,20(3,18)19)6-16-11(17)7-4-8(13)10(15)9(14)5-7/h4-5H,6H2,1-3H3,(H,16,17). The van der Waals surface area contributed by atoms with Crippen molar-refractivity contribution in [3.63, 3.8) is 0 Å². The molecule has 0 heterocycles. The molecule has 0 aliphatic rings. The van der Waals surface area contributed by atoms with Crippen LogP contribution in [0, 0.1) is 17.5 Å². The van der Waals surface area contributed by atoms with Gasteiger partial charge in [0, 0.05) is 18.4 Å². The summed E-state index contributed by atoms with van der Waals surface area (Å²) >= 11 is 0. The summed E-state index contributed by atoms with van der Waals surface area (Å²) < 4.78 is 60.3. The summed E-state index contributed by atoms with van der Waals surface area (Å²) in [4.78, 5) is 11.7. The predicted octanol–water partition coefficient (Wildman–Crippen LogP) is 1.66. The molecule has 8 heteroatoms. The molecule has 0 unspecified atom stereocenters. The zero-order valence-corrected chi connectivity index (χ0v) is 11.9. The van der Waals surface area contributed by atoms with Crippen LogP contribution >= 0.6 is 0 Å². The van der Waals surface area contributed by atoms with Crippen molar-refractivity contribution in [3.8, 4) is 0 Å². The van der Waals surface area contributed by atoms with Crippen molar-refractivity contribution < 1.29 is 26.4 Å². The molecule has 0 aliphatic heterocycles. The Morgan fingerprint density at radius 2 is 1.65 bits per heavy atom. The Morgan fingerprint density at radius 3 is 2.05 bits per heavy atom. The minimum absolute atomic E-state index is 0.245. The summed E-state index contributed by atoms with van der Waals surface area (Å²) in [6.07, 6.45) is 1.01. The average molecular weight is 309 g/mol. The van der Waals surface area contributed by atoms with Crippen LogP contribution in [0.2, 0.25) is 0 Å². The first-order chi connectivity index (χ1) is 8.95. The number of carbonyl (C=O) groups excluding carboxylic acids is 1. The molecule has 0 saturated heterocycles. The number of carbonyl (C=O) groups is 1. The molecule has 0 bridgehead atoms. The number of hydrogen-bond acceptors (Lipinski definition) is 3. The first-order valence-electron chi connectivity index (χ1n) is 5.58. The molecule has 112 valence electrons. The van der Waals surface area contributed by atoms with Crippen molar-refractivity contribution in [3.05, 3.63) is 35.1 Å². The Morgan fingerprint density at radius 1 is 1.20 bits per heavy atom. The molecule has 0 saturated carbocycles. The van der Waals surface area contributed by atoms with Crippen LogP contribution in [-0.4, -0.2) is 31.9 Å². The van der Waals surface area contributed by atoms with E-state index in [2.05, 4.69) is 5.32 Å². The summed E-state index contributed by atoms with van der Waals surface area (Å²) in [5.74, 6) is -5.53.